The molecule has 0 aliphatic carbocycles. The summed E-state index contributed by atoms with van der Waals surface area (Å²) in [5, 5.41) is 2.87. The van der Waals surface area contributed by atoms with Crippen molar-refractivity contribution in [3.05, 3.63) is 59.2 Å². The highest BCUT2D eigenvalue weighted by Gasteiger charge is 2.14. The van der Waals surface area contributed by atoms with Crippen molar-refractivity contribution in [2.75, 3.05) is 26.0 Å². The van der Waals surface area contributed by atoms with Crippen LogP contribution in [0.5, 0.6) is 5.75 Å². The van der Waals surface area contributed by atoms with Crippen LogP contribution < -0.4 is 10.1 Å². The summed E-state index contributed by atoms with van der Waals surface area (Å²) in [6.45, 7) is 3.97. The van der Waals surface area contributed by atoms with Gasteiger partial charge in [-0.3, -0.25) is 9.59 Å². The molecule has 0 aromatic heterocycles. The summed E-state index contributed by atoms with van der Waals surface area (Å²) in [6.07, 6.45) is 0.247. The Hall–Kier alpha value is -2.82. The molecule has 1 N–H and O–H groups in total. The van der Waals surface area contributed by atoms with Crippen molar-refractivity contribution in [1.29, 1.82) is 0 Å². The molecule has 0 atom stereocenters. The molecule has 2 aromatic rings. The molecule has 132 valence electrons. The van der Waals surface area contributed by atoms with Crippen molar-refractivity contribution in [1.82, 2.24) is 4.90 Å². The number of hydrogen-bond donors (Lipinski definition) is 1. The van der Waals surface area contributed by atoms with Gasteiger partial charge >= 0.3 is 0 Å². The zero-order valence-corrected chi connectivity index (χ0v) is 15.1. The van der Waals surface area contributed by atoms with Crippen molar-refractivity contribution in [2.24, 2.45) is 0 Å². The third kappa shape index (κ3) is 5.08. The Morgan fingerprint density at radius 2 is 1.76 bits per heavy atom. The Balaban J connectivity index is 1.91. The number of nitrogens with zero attached hydrogens (tertiary/aromatic N) is 1. The zero-order valence-electron chi connectivity index (χ0n) is 15.1. The second-order valence-corrected chi connectivity index (χ2v) is 6.07. The minimum absolute atomic E-state index is 0.0162. The molecule has 5 heteroatoms. The number of benzene rings is 2. The third-order valence-corrected chi connectivity index (χ3v) is 4.20. The van der Waals surface area contributed by atoms with Crippen LogP contribution in [0.4, 0.5) is 5.69 Å². The molecule has 25 heavy (non-hydrogen) atoms. The fourth-order valence-electron chi connectivity index (χ4n) is 2.43. The predicted molar refractivity (Wildman–Crippen MR) is 98.9 cm³/mol. The van der Waals surface area contributed by atoms with Gasteiger partial charge in [-0.15, -0.1) is 0 Å². The molecule has 2 amide bonds. The van der Waals surface area contributed by atoms with E-state index in [-0.39, 0.29) is 24.8 Å². The van der Waals surface area contributed by atoms with Gasteiger partial charge in [0.2, 0.25) is 11.8 Å². The zero-order chi connectivity index (χ0) is 18.4. The van der Waals surface area contributed by atoms with E-state index in [2.05, 4.69) is 5.32 Å². The Morgan fingerprint density at radius 1 is 1.08 bits per heavy atom. The van der Waals surface area contributed by atoms with Gasteiger partial charge in [0.1, 0.15) is 5.75 Å². The van der Waals surface area contributed by atoms with Crippen LogP contribution in [0.3, 0.4) is 0 Å². The van der Waals surface area contributed by atoms with E-state index in [9.17, 15) is 9.59 Å². The van der Waals surface area contributed by atoms with E-state index in [1.165, 1.54) is 4.90 Å². The van der Waals surface area contributed by atoms with Crippen LogP contribution in [-0.2, 0) is 16.0 Å². The number of amides is 2. The fourth-order valence-corrected chi connectivity index (χ4v) is 2.43. The van der Waals surface area contributed by atoms with Crippen molar-refractivity contribution < 1.29 is 14.3 Å². The molecule has 0 spiro atoms. The summed E-state index contributed by atoms with van der Waals surface area (Å²) in [5.74, 6) is 0.429. The first kappa shape index (κ1) is 18.5. The summed E-state index contributed by atoms with van der Waals surface area (Å²) < 4.78 is 5.10. The molecule has 0 saturated heterocycles. The maximum atomic E-state index is 12.3. The van der Waals surface area contributed by atoms with Crippen molar-refractivity contribution in [2.45, 2.75) is 20.3 Å². The van der Waals surface area contributed by atoms with Crippen LogP contribution in [0.15, 0.2) is 42.5 Å². The minimum Gasteiger partial charge on any atom is -0.497 e. The smallest absolute Gasteiger partial charge is 0.243 e. The van der Waals surface area contributed by atoms with Gasteiger partial charge < -0.3 is 15.0 Å². The van der Waals surface area contributed by atoms with Crippen molar-refractivity contribution >= 4 is 17.5 Å². The Kier molecular flexibility index (Phi) is 6.17. The highest BCUT2D eigenvalue weighted by atomic mass is 16.5. The van der Waals surface area contributed by atoms with Crippen LogP contribution in [0.2, 0.25) is 0 Å². The molecule has 0 bridgehead atoms. The van der Waals surface area contributed by atoms with E-state index in [0.29, 0.717) is 0 Å². The van der Waals surface area contributed by atoms with Gasteiger partial charge in [-0.05, 0) is 48.7 Å². The Bertz CT molecular complexity index is 754. The molecular formula is C20H24N2O3. The number of hydrogen-bond acceptors (Lipinski definition) is 3. The van der Waals surface area contributed by atoms with E-state index >= 15 is 0 Å². The third-order valence-electron chi connectivity index (χ3n) is 4.20. The van der Waals surface area contributed by atoms with Gasteiger partial charge in [-0.25, -0.2) is 0 Å². The molecule has 0 radical (unpaired) electrons. The van der Waals surface area contributed by atoms with E-state index in [1.807, 2.05) is 56.3 Å². The maximum Gasteiger partial charge on any atom is 0.243 e. The number of anilines is 1. The topological polar surface area (TPSA) is 58.6 Å². The van der Waals surface area contributed by atoms with Gasteiger partial charge in [-0.1, -0.05) is 24.3 Å². The molecule has 5 nitrogen and oxygen atoms in total. The van der Waals surface area contributed by atoms with E-state index in [1.54, 1.807) is 14.2 Å². The molecule has 0 saturated carbocycles. The van der Waals surface area contributed by atoms with Crippen LogP contribution in [0.1, 0.15) is 16.7 Å². The quantitative estimate of drug-likeness (QED) is 0.879. The van der Waals surface area contributed by atoms with Gasteiger partial charge in [-0.2, -0.15) is 0 Å². The molecule has 0 unspecified atom stereocenters. The first-order valence-corrected chi connectivity index (χ1v) is 8.13. The number of likely N-dealkylation sites (N-methyl/N-ethyl adjacent to an activating group) is 1. The number of ether oxygens (including phenoxy) is 1. The molecule has 0 aliphatic rings. The molecule has 0 aliphatic heterocycles. The summed E-state index contributed by atoms with van der Waals surface area (Å²) in [4.78, 5) is 25.9. The molecule has 2 rings (SSSR count). The summed E-state index contributed by atoms with van der Waals surface area (Å²) in [7, 11) is 3.23. The van der Waals surface area contributed by atoms with E-state index in [0.717, 1.165) is 28.1 Å². The lowest BCUT2D eigenvalue weighted by atomic mass is 10.1. The number of rotatable bonds is 6. The average molecular weight is 340 g/mol. The fraction of sp³-hybridized carbons (Fsp3) is 0.300. The average Bonchev–Trinajstić information content (AvgIpc) is 2.59. The number of methoxy groups -OCH3 is 1. The van der Waals surface area contributed by atoms with E-state index in [4.69, 9.17) is 4.74 Å². The predicted octanol–water partition coefficient (Wildman–Crippen LogP) is 2.95. The normalized spacial score (nSPS) is 10.2. The highest BCUT2D eigenvalue weighted by Crippen LogP contribution is 2.18. The number of aryl methyl sites for hydroxylation is 1. The second-order valence-electron chi connectivity index (χ2n) is 6.07. The summed E-state index contributed by atoms with van der Waals surface area (Å²) in [6, 6.07) is 13.1. The first-order chi connectivity index (χ1) is 11.9. The molecule has 2 aromatic carbocycles. The van der Waals surface area contributed by atoms with Crippen molar-refractivity contribution in [3.63, 3.8) is 0 Å². The number of nitrogens with one attached hydrogen (secondary N) is 1. The molecule has 0 fully saturated rings. The first-order valence-electron chi connectivity index (χ1n) is 8.13. The van der Waals surface area contributed by atoms with Gasteiger partial charge in [0.15, 0.2) is 0 Å². The van der Waals surface area contributed by atoms with Crippen molar-refractivity contribution in [3.8, 4) is 5.75 Å². The molecular weight excluding hydrogens is 316 g/mol. The Labute approximate surface area is 148 Å². The minimum atomic E-state index is -0.209. The largest absolute Gasteiger partial charge is 0.497 e. The lowest BCUT2D eigenvalue weighted by molar-refractivity contribution is -0.132. The monoisotopic (exact) mass is 340 g/mol. The maximum absolute atomic E-state index is 12.3. The second kappa shape index (κ2) is 8.33. The van der Waals surface area contributed by atoms with Crippen LogP contribution in [0, 0.1) is 13.8 Å². The van der Waals surface area contributed by atoms with Gasteiger partial charge in [0.25, 0.3) is 0 Å². The number of carbonyl (C=O) groups is 2. The molecule has 0 heterocycles. The van der Waals surface area contributed by atoms with Gasteiger partial charge in [0, 0.05) is 12.7 Å². The van der Waals surface area contributed by atoms with Crippen LogP contribution >= 0.6 is 0 Å². The van der Waals surface area contributed by atoms with E-state index < -0.39 is 0 Å². The van der Waals surface area contributed by atoms with Crippen LogP contribution in [-0.4, -0.2) is 37.4 Å². The highest BCUT2D eigenvalue weighted by molar-refractivity contribution is 5.95. The lowest BCUT2D eigenvalue weighted by Gasteiger charge is -2.18. The van der Waals surface area contributed by atoms with Gasteiger partial charge in [0.05, 0.1) is 20.1 Å². The lowest BCUT2D eigenvalue weighted by Crippen LogP contribution is -2.35. The Morgan fingerprint density at radius 3 is 2.40 bits per heavy atom. The standard InChI is InChI=1S/C20H24N2O3/c1-14-6-5-7-18(15(14)2)21-19(23)13-22(3)20(24)12-16-8-10-17(25-4)11-9-16/h5-11H,12-13H2,1-4H3,(H,21,23). The number of carbonyl (C=O) groups excluding carboxylic acids is 2. The summed E-state index contributed by atoms with van der Waals surface area (Å²) >= 11 is 0. The SMILES string of the molecule is COc1ccc(CC(=O)N(C)CC(=O)Nc2cccc(C)c2C)cc1. The summed E-state index contributed by atoms with van der Waals surface area (Å²) in [5.41, 5.74) is 3.80. The van der Waals surface area contributed by atoms with Crippen LogP contribution in [0.25, 0.3) is 0 Å².